The van der Waals surface area contributed by atoms with Crippen LogP contribution in [0.4, 0.5) is 5.69 Å². The van der Waals surface area contributed by atoms with E-state index in [0.717, 1.165) is 36.8 Å². The molecule has 2 aliphatic heterocycles. The van der Waals surface area contributed by atoms with Gasteiger partial charge in [-0.25, -0.2) is 0 Å². The van der Waals surface area contributed by atoms with Gasteiger partial charge in [-0.2, -0.15) is 0 Å². The molecule has 5 rings (SSSR count). The maximum Gasteiger partial charge on any atom is 0.256 e. The summed E-state index contributed by atoms with van der Waals surface area (Å²) in [4.78, 5) is 41.1. The van der Waals surface area contributed by atoms with Crippen LogP contribution < -0.4 is 15.4 Å². The first-order valence-corrected chi connectivity index (χ1v) is 12.7. The molecule has 1 aliphatic carbocycles. The fraction of sp³-hybridized carbons (Fsp3) is 0.444. The van der Waals surface area contributed by atoms with Crippen molar-refractivity contribution in [1.82, 2.24) is 10.2 Å². The highest BCUT2D eigenvalue weighted by atomic mass is 35.5. The number of nitrogens with one attached hydrogen (secondary N) is 2. The highest BCUT2D eigenvalue weighted by Gasteiger charge is 2.40. The number of benzene rings is 2. The number of carbonyl (C=O) groups is 3. The van der Waals surface area contributed by atoms with E-state index < -0.39 is 6.04 Å². The molecule has 2 fully saturated rings. The van der Waals surface area contributed by atoms with Crippen molar-refractivity contribution in [3.8, 4) is 16.9 Å². The predicted octanol–water partition coefficient (Wildman–Crippen LogP) is 4.64. The van der Waals surface area contributed by atoms with Crippen molar-refractivity contribution in [1.29, 1.82) is 0 Å². The molecule has 2 N–H and O–H groups in total. The Morgan fingerprint density at radius 2 is 1.86 bits per heavy atom. The minimum Gasteiger partial charge on any atom is -0.496 e. The first-order chi connectivity index (χ1) is 16.9. The first kappa shape index (κ1) is 23.7. The zero-order chi connectivity index (χ0) is 24.5. The Balaban J connectivity index is 1.37. The van der Waals surface area contributed by atoms with E-state index in [-0.39, 0.29) is 29.7 Å². The number of nitrogens with zero attached hydrogens (tertiary/aromatic N) is 1. The lowest BCUT2D eigenvalue weighted by Crippen LogP contribution is -2.55. The van der Waals surface area contributed by atoms with Crippen LogP contribution >= 0.6 is 11.6 Å². The van der Waals surface area contributed by atoms with Crippen LogP contribution in [0.3, 0.4) is 0 Å². The van der Waals surface area contributed by atoms with Gasteiger partial charge in [0.2, 0.25) is 11.8 Å². The maximum absolute atomic E-state index is 13.6. The van der Waals surface area contributed by atoms with Crippen molar-refractivity contribution in [3.63, 3.8) is 0 Å². The minimum atomic E-state index is -0.621. The number of halogens is 1. The van der Waals surface area contributed by atoms with Crippen LogP contribution in [0.15, 0.2) is 36.4 Å². The van der Waals surface area contributed by atoms with E-state index in [4.69, 9.17) is 16.3 Å². The van der Waals surface area contributed by atoms with Gasteiger partial charge in [0.25, 0.3) is 5.91 Å². The number of anilines is 1. The lowest BCUT2D eigenvalue weighted by molar-refractivity contribution is -0.128. The SMILES string of the molecule is COc1ccc(Cl)cc1-c1ccc2c(c1)C(=O)N1CC[C@H](NC(=O)C3CCCCC3)C[C@H]1C(=O)N2. The smallest absolute Gasteiger partial charge is 0.256 e. The van der Waals surface area contributed by atoms with Crippen molar-refractivity contribution in [3.05, 3.63) is 47.0 Å². The standard InChI is InChI=1S/C27H30ClN3O4/c1-35-24-10-8-18(28)14-20(24)17-7-9-22-21(13-17)27(34)31-12-11-19(15-23(31)26(33)30-22)29-25(32)16-5-3-2-4-6-16/h7-10,13-14,16,19,23H,2-6,11-12,15H2,1H3,(H,29,32)(H,30,33)/t19-,23-/m0/s1. The molecule has 35 heavy (non-hydrogen) atoms. The van der Waals surface area contributed by atoms with Gasteiger partial charge in [0, 0.05) is 29.1 Å². The van der Waals surface area contributed by atoms with Crippen LogP contribution in [-0.2, 0) is 9.59 Å². The van der Waals surface area contributed by atoms with Crippen molar-refractivity contribution in [2.75, 3.05) is 19.0 Å². The molecule has 2 aromatic rings. The number of methoxy groups -OCH3 is 1. The van der Waals surface area contributed by atoms with Crippen molar-refractivity contribution in [2.24, 2.45) is 5.92 Å². The van der Waals surface area contributed by atoms with Gasteiger partial charge >= 0.3 is 0 Å². The third-order valence-corrected chi connectivity index (χ3v) is 7.70. The molecule has 0 unspecified atom stereocenters. The van der Waals surface area contributed by atoms with E-state index in [1.807, 2.05) is 6.07 Å². The fourth-order valence-electron chi connectivity index (χ4n) is 5.55. The number of ether oxygens (including phenoxy) is 1. The third-order valence-electron chi connectivity index (χ3n) is 7.47. The molecule has 8 heteroatoms. The quantitative estimate of drug-likeness (QED) is 0.647. The fourth-order valence-corrected chi connectivity index (χ4v) is 5.72. The monoisotopic (exact) mass is 495 g/mol. The third kappa shape index (κ3) is 4.74. The lowest BCUT2D eigenvalue weighted by Gasteiger charge is -2.38. The summed E-state index contributed by atoms with van der Waals surface area (Å²) in [5.74, 6) is 0.390. The summed E-state index contributed by atoms with van der Waals surface area (Å²) in [6.45, 7) is 0.413. The minimum absolute atomic E-state index is 0.0672. The Bertz CT molecular complexity index is 1160. The van der Waals surface area contributed by atoms with Gasteiger partial charge in [-0.1, -0.05) is 36.9 Å². The molecular formula is C27H30ClN3O4. The molecule has 0 spiro atoms. The van der Waals surface area contributed by atoms with Gasteiger partial charge in [-0.15, -0.1) is 0 Å². The van der Waals surface area contributed by atoms with Crippen LogP contribution in [0.2, 0.25) is 5.02 Å². The van der Waals surface area contributed by atoms with Gasteiger partial charge < -0.3 is 20.3 Å². The van der Waals surface area contributed by atoms with E-state index >= 15 is 0 Å². The topological polar surface area (TPSA) is 87.7 Å². The molecule has 0 radical (unpaired) electrons. The normalized spacial score (nSPS) is 22.5. The Labute approximate surface area is 210 Å². The second-order valence-electron chi connectivity index (χ2n) is 9.67. The number of hydrogen-bond donors (Lipinski definition) is 2. The van der Waals surface area contributed by atoms with E-state index in [9.17, 15) is 14.4 Å². The zero-order valence-corrected chi connectivity index (χ0v) is 20.6. The molecule has 1 saturated heterocycles. The molecular weight excluding hydrogens is 466 g/mol. The summed E-state index contributed by atoms with van der Waals surface area (Å²) in [6, 6.07) is 9.98. The van der Waals surface area contributed by atoms with Crippen LogP contribution in [0.1, 0.15) is 55.3 Å². The molecule has 184 valence electrons. The Morgan fingerprint density at radius 1 is 1.06 bits per heavy atom. The molecule has 0 bridgehead atoms. The predicted molar refractivity (Wildman–Crippen MR) is 135 cm³/mol. The van der Waals surface area contributed by atoms with E-state index in [2.05, 4.69) is 10.6 Å². The summed E-state index contributed by atoms with van der Waals surface area (Å²) in [5, 5.41) is 6.66. The van der Waals surface area contributed by atoms with Gasteiger partial charge in [-0.3, -0.25) is 14.4 Å². The molecule has 2 aromatic carbocycles. The van der Waals surface area contributed by atoms with Crippen molar-refractivity contribution in [2.45, 2.75) is 57.0 Å². The number of piperidine rings is 1. The average Bonchev–Trinajstić information content (AvgIpc) is 2.98. The molecule has 2 atom stereocenters. The molecule has 0 aromatic heterocycles. The number of carbonyl (C=O) groups excluding carboxylic acids is 3. The number of rotatable bonds is 4. The zero-order valence-electron chi connectivity index (χ0n) is 19.8. The van der Waals surface area contributed by atoms with E-state index in [0.29, 0.717) is 41.4 Å². The van der Waals surface area contributed by atoms with Crippen LogP contribution in [-0.4, -0.2) is 48.4 Å². The van der Waals surface area contributed by atoms with Crippen LogP contribution in [0, 0.1) is 5.92 Å². The highest BCUT2D eigenvalue weighted by molar-refractivity contribution is 6.31. The first-order valence-electron chi connectivity index (χ1n) is 12.3. The molecule has 3 aliphatic rings. The molecule has 3 amide bonds. The van der Waals surface area contributed by atoms with Gasteiger partial charge in [0.05, 0.1) is 18.4 Å². The Kier molecular flexibility index (Phi) is 6.69. The van der Waals surface area contributed by atoms with Crippen LogP contribution in [0.25, 0.3) is 11.1 Å². The summed E-state index contributed by atoms with van der Waals surface area (Å²) < 4.78 is 5.48. The Hall–Kier alpha value is -3.06. The van der Waals surface area contributed by atoms with Crippen molar-refractivity contribution >= 4 is 35.0 Å². The summed E-state index contributed by atoms with van der Waals surface area (Å²) >= 11 is 6.21. The second kappa shape index (κ2) is 9.90. The largest absolute Gasteiger partial charge is 0.496 e. The van der Waals surface area contributed by atoms with Gasteiger partial charge in [-0.05, 0) is 61.6 Å². The Morgan fingerprint density at radius 3 is 2.63 bits per heavy atom. The number of hydrogen-bond acceptors (Lipinski definition) is 4. The number of fused-ring (bicyclic) bond motifs is 2. The van der Waals surface area contributed by atoms with E-state index in [1.54, 1.807) is 42.3 Å². The molecule has 1 saturated carbocycles. The van der Waals surface area contributed by atoms with E-state index in [1.165, 1.54) is 6.42 Å². The second-order valence-corrected chi connectivity index (χ2v) is 10.1. The van der Waals surface area contributed by atoms with Gasteiger partial charge in [0.15, 0.2) is 0 Å². The van der Waals surface area contributed by atoms with Gasteiger partial charge in [0.1, 0.15) is 11.8 Å². The summed E-state index contributed by atoms with van der Waals surface area (Å²) in [6.07, 6.45) is 6.29. The molecule has 7 nitrogen and oxygen atoms in total. The molecule has 2 heterocycles. The maximum atomic E-state index is 13.6. The summed E-state index contributed by atoms with van der Waals surface area (Å²) in [7, 11) is 1.59. The van der Waals surface area contributed by atoms with Crippen LogP contribution in [0.5, 0.6) is 5.75 Å². The van der Waals surface area contributed by atoms with Crippen molar-refractivity contribution < 1.29 is 19.1 Å². The number of amides is 3. The highest BCUT2D eigenvalue weighted by Crippen LogP contribution is 2.36. The summed E-state index contributed by atoms with van der Waals surface area (Å²) in [5.41, 5.74) is 2.47. The lowest BCUT2D eigenvalue weighted by atomic mass is 9.88. The average molecular weight is 496 g/mol.